The van der Waals surface area contributed by atoms with Crippen molar-refractivity contribution >= 4 is 40.8 Å². The minimum atomic E-state index is -0.713. The zero-order chi connectivity index (χ0) is 20.7. The molecule has 1 saturated heterocycles. The Balaban J connectivity index is 1.57. The van der Waals surface area contributed by atoms with Gasteiger partial charge in [0.05, 0.1) is 11.4 Å². The van der Waals surface area contributed by atoms with Crippen LogP contribution in [0.1, 0.15) is 12.5 Å². The highest BCUT2D eigenvalue weighted by Gasteiger charge is 2.44. The van der Waals surface area contributed by atoms with E-state index in [1.165, 1.54) is 9.80 Å². The molecule has 1 atom stereocenters. The number of benzene rings is 2. The maximum absolute atomic E-state index is 12.9. The van der Waals surface area contributed by atoms with Gasteiger partial charge < -0.3 is 5.32 Å². The van der Waals surface area contributed by atoms with Crippen molar-refractivity contribution in [2.75, 3.05) is 28.2 Å². The molecule has 0 saturated carbocycles. The number of nitrogens with one attached hydrogen (secondary N) is 1. The van der Waals surface area contributed by atoms with Crippen LogP contribution in [-0.2, 0) is 14.4 Å². The second-order valence-corrected chi connectivity index (χ2v) is 7.13. The van der Waals surface area contributed by atoms with Crippen molar-refractivity contribution in [2.24, 2.45) is 0 Å². The predicted octanol–water partition coefficient (Wildman–Crippen LogP) is 2.14. The Morgan fingerprint density at radius 1 is 1.07 bits per heavy atom. The molecule has 0 aromatic heterocycles. The third-order valence-electron chi connectivity index (χ3n) is 5.12. The zero-order valence-electron chi connectivity index (χ0n) is 16.1. The monoisotopic (exact) mass is 392 g/mol. The second kappa shape index (κ2) is 7.05. The molecule has 2 aliphatic heterocycles. The first kappa shape index (κ1) is 18.7. The SMILES string of the molecule is Cc1ccc(N2C(=O)N(CC(=O)N3CC(=O)Nc4ccccc43)C(=O)C2C)cc1. The number of urea groups is 1. The molecule has 148 valence electrons. The van der Waals surface area contributed by atoms with Crippen molar-refractivity contribution in [2.45, 2.75) is 19.9 Å². The summed E-state index contributed by atoms with van der Waals surface area (Å²) in [7, 11) is 0. The third kappa shape index (κ3) is 3.22. The van der Waals surface area contributed by atoms with Gasteiger partial charge >= 0.3 is 6.03 Å². The fourth-order valence-corrected chi connectivity index (χ4v) is 3.59. The van der Waals surface area contributed by atoms with Gasteiger partial charge in [0.15, 0.2) is 0 Å². The van der Waals surface area contributed by atoms with Gasteiger partial charge in [-0.1, -0.05) is 29.8 Å². The first-order valence-corrected chi connectivity index (χ1v) is 9.27. The number of hydrogen-bond donors (Lipinski definition) is 1. The molecule has 8 heteroatoms. The van der Waals surface area contributed by atoms with Gasteiger partial charge in [0, 0.05) is 5.69 Å². The molecule has 2 aromatic carbocycles. The van der Waals surface area contributed by atoms with E-state index in [4.69, 9.17) is 0 Å². The van der Waals surface area contributed by atoms with E-state index in [0.717, 1.165) is 10.5 Å². The minimum absolute atomic E-state index is 0.163. The van der Waals surface area contributed by atoms with Crippen LogP contribution in [0.4, 0.5) is 21.9 Å². The fourth-order valence-electron chi connectivity index (χ4n) is 3.59. The van der Waals surface area contributed by atoms with E-state index in [-0.39, 0.29) is 12.5 Å². The molecule has 2 aromatic rings. The Morgan fingerprint density at radius 2 is 1.76 bits per heavy atom. The first-order chi connectivity index (χ1) is 13.9. The van der Waals surface area contributed by atoms with Gasteiger partial charge in [0.1, 0.15) is 19.1 Å². The van der Waals surface area contributed by atoms with E-state index in [2.05, 4.69) is 5.32 Å². The van der Waals surface area contributed by atoms with Crippen molar-refractivity contribution in [3.63, 3.8) is 0 Å². The molecule has 8 nitrogen and oxygen atoms in total. The molecule has 1 fully saturated rings. The van der Waals surface area contributed by atoms with Crippen LogP contribution in [-0.4, -0.2) is 47.8 Å². The fraction of sp³-hybridized carbons (Fsp3) is 0.238. The van der Waals surface area contributed by atoms with Crippen LogP contribution in [0.15, 0.2) is 48.5 Å². The number of nitrogens with zero attached hydrogens (tertiary/aromatic N) is 3. The van der Waals surface area contributed by atoms with Crippen molar-refractivity contribution in [1.82, 2.24) is 4.90 Å². The molecule has 4 rings (SSSR count). The maximum Gasteiger partial charge on any atom is 0.332 e. The maximum atomic E-state index is 12.9. The average molecular weight is 392 g/mol. The Bertz CT molecular complexity index is 1020. The smallest absolute Gasteiger partial charge is 0.323 e. The van der Waals surface area contributed by atoms with Gasteiger partial charge in [-0.15, -0.1) is 0 Å². The highest BCUT2D eigenvalue weighted by molar-refractivity contribution is 6.17. The highest BCUT2D eigenvalue weighted by atomic mass is 16.2. The van der Waals surface area contributed by atoms with Crippen molar-refractivity contribution in [3.8, 4) is 0 Å². The predicted molar refractivity (Wildman–Crippen MR) is 108 cm³/mol. The lowest BCUT2D eigenvalue weighted by atomic mass is 10.2. The molecule has 0 aliphatic carbocycles. The van der Waals surface area contributed by atoms with Crippen molar-refractivity contribution in [1.29, 1.82) is 0 Å². The number of fused-ring (bicyclic) bond motifs is 1. The summed E-state index contributed by atoms with van der Waals surface area (Å²) in [5, 5.41) is 2.71. The number of rotatable bonds is 3. The lowest BCUT2D eigenvalue weighted by Crippen LogP contribution is -2.48. The lowest BCUT2D eigenvalue weighted by Gasteiger charge is -2.30. The quantitative estimate of drug-likeness (QED) is 0.811. The topological polar surface area (TPSA) is 90.0 Å². The molecule has 1 N–H and O–H groups in total. The number of para-hydroxylation sites is 2. The van der Waals surface area contributed by atoms with E-state index in [1.54, 1.807) is 43.3 Å². The summed E-state index contributed by atoms with van der Waals surface area (Å²) in [5.41, 5.74) is 2.69. The summed E-state index contributed by atoms with van der Waals surface area (Å²) < 4.78 is 0. The summed E-state index contributed by atoms with van der Waals surface area (Å²) in [5.74, 6) is -1.27. The average Bonchev–Trinajstić information content (AvgIpc) is 2.91. The van der Waals surface area contributed by atoms with Gasteiger partial charge in [-0.2, -0.15) is 0 Å². The number of carbonyl (C=O) groups is 4. The molecular weight excluding hydrogens is 372 g/mol. The van der Waals surface area contributed by atoms with Gasteiger partial charge in [-0.05, 0) is 38.1 Å². The van der Waals surface area contributed by atoms with Crippen LogP contribution in [0.25, 0.3) is 0 Å². The van der Waals surface area contributed by atoms with Gasteiger partial charge in [0.2, 0.25) is 11.8 Å². The van der Waals surface area contributed by atoms with Crippen molar-refractivity contribution in [3.05, 3.63) is 54.1 Å². The van der Waals surface area contributed by atoms with Crippen LogP contribution < -0.4 is 15.1 Å². The van der Waals surface area contributed by atoms with Crippen LogP contribution >= 0.6 is 0 Å². The summed E-state index contributed by atoms with van der Waals surface area (Å²) in [4.78, 5) is 54.1. The largest absolute Gasteiger partial charge is 0.332 e. The third-order valence-corrected chi connectivity index (χ3v) is 5.12. The normalized spacial score (nSPS) is 18.8. The second-order valence-electron chi connectivity index (χ2n) is 7.13. The van der Waals surface area contributed by atoms with Gasteiger partial charge in [0.25, 0.3) is 5.91 Å². The summed E-state index contributed by atoms with van der Waals surface area (Å²) >= 11 is 0. The molecule has 0 bridgehead atoms. The Kier molecular flexibility index (Phi) is 4.54. The van der Waals surface area contributed by atoms with Crippen LogP contribution in [0.2, 0.25) is 0 Å². The van der Waals surface area contributed by atoms with Crippen LogP contribution in [0, 0.1) is 6.92 Å². The Morgan fingerprint density at radius 3 is 2.48 bits per heavy atom. The molecular formula is C21H20N4O4. The molecule has 2 heterocycles. The number of amides is 5. The molecule has 29 heavy (non-hydrogen) atoms. The molecule has 0 radical (unpaired) electrons. The zero-order valence-corrected chi connectivity index (χ0v) is 16.1. The van der Waals surface area contributed by atoms with Crippen molar-refractivity contribution < 1.29 is 19.2 Å². The summed E-state index contributed by atoms with van der Waals surface area (Å²) in [6.07, 6.45) is 0. The summed E-state index contributed by atoms with van der Waals surface area (Å²) in [6.45, 7) is 2.98. The van der Waals surface area contributed by atoms with Crippen LogP contribution in [0.3, 0.4) is 0 Å². The minimum Gasteiger partial charge on any atom is -0.323 e. The summed E-state index contributed by atoms with van der Waals surface area (Å²) in [6, 6.07) is 12.9. The standard InChI is InChI=1S/C21H20N4O4/c1-13-7-9-15(10-8-13)25-14(2)20(28)24(21(25)29)12-19(27)23-11-18(26)22-16-5-3-4-6-17(16)23/h3-10,14H,11-12H2,1-2H3,(H,22,26). The first-order valence-electron chi connectivity index (χ1n) is 9.27. The molecule has 0 spiro atoms. The van der Waals surface area contributed by atoms with Gasteiger partial charge in [-0.25, -0.2) is 4.79 Å². The highest BCUT2D eigenvalue weighted by Crippen LogP contribution is 2.30. The Hall–Kier alpha value is -3.68. The Labute approximate surface area is 167 Å². The number of anilines is 3. The number of carbonyl (C=O) groups excluding carboxylic acids is 4. The van der Waals surface area contributed by atoms with Gasteiger partial charge in [-0.3, -0.25) is 29.1 Å². The van der Waals surface area contributed by atoms with E-state index in [0.29, 0.717) is 17.1 Å². The van der Waals surface area contributed by atoms with E-state index >= 15 is 0 Å². The molecule has 5 amide bonds. The molecule has 2 aliphatic rings. The number of hydrogen-bond acceptors (Lipinski definition) is 4. The lowest BCUT2D eigenvalue weighted by molar-refractivity contribution is -0.131. The number of imide groups is 1. The van der Waals surface area contributed by atoms with E-state index < -0.39 is 30.4 Å². The molecule has 1 unspecified atom stereocenters. The van der Waals surface area contributed by atoms with E-state index in [9.17, 15) is 19.2 Å². The van der Waals surface area contributed by atoms with E-state index in [1.807, 2.05) is 19.1 Å². The van der Waals surface area contributed by atoms with Crippen LogP contribution in [0.5, 0.6) is 0 Å². The number of aryl methyl sites for hydroxylation is 1.